The Morgan fingerprint density at radius 1 is 1.17 bits per heavy atom. The molecule has 0 spiro atoms. The normalized spacial score (nSPS) is 10.6. The number of nitrogens with two attached hydrogens (primary N) is 1. The third-order valence-corrected chi connectivity index (χ3v) is 2.93. The molecule has 2 rings (SSSR count). The molecule has 0 saturated heterocycles. The number of hydrogen-bond acceptors (Lipinski definition) is 7. The molecule has 0 aromatic carbocycles. The minimum atomic E-state index is 0. The minimum Gasteiger partial charge on any atom is -0.528 e. The van der Waals surface area contributed by atoms with Gasteiger partial charge in [-0.3, -0.25) is 14.3 Å². The van der Waals surface area contributed by atoms with Gasteiger partial charge in [0.2, 0.25) is 0 Å². The second-order valence-electron chi connectivity index (χ2n) is 4.94. The van der Waals surface area contributed by atoms with E-state index < -0.39 is 0 Å². The predicted octanol–water partition coefficient (Wildman–Crippen LogP) is -1.88. The van der Waals surface area contributed by atoms with E-state index in [0.717, 1.165) is 11.4 Å². The van der Waals surface area contributed by atoms with E-state index in [4.69, 9.17) is 5.73 Å². The molecule has 11 heteroatoms. The summed E-state index contributed by atoms with van der Waals surface area (Å²) >= 11 is 0. The maximum atomic E-state index is 10.1. The van der Waals surface area contributed by atoms with Crippen LogP contribution in [0.15, 0.2) is 12.4 Å². The summed E-state index contributed by atoms with van der Waals surface area (Å²) in [7, 11) is 1.98. The number of carbonyl (C=O) groups excluding carboxylic acids is 1. The molecule has 0 aliphatic carbocycles. The van der Waals surface area contributed by atoms with Crippen LogP contribution < -0.4 is 11.1 Å². The third kappa shape index (κ3) is 6.97. The molecule has 10 nitrogen and oxygen atoms in total. The molecule has 0 aliphatic heterocycles. The van der Waals surface area contributed by atoms with E-state index in [1.807, 2.05) is 19.4 Å². The molecule has 2 aromatic rings. The average Bonchev–Trinajstić information content (AvgIpc) is 3.09. The standard InChI is InChI=1S/C12H20N9O.Sm/c1-19(6-11-8-20(4-2-13)17-15-11)7-12-9-21(18-16-12)5-3-14-10-22;/h8-9H,2-7,13H2,1H3,(H,14,22);/q-1;. The zero-order chi connectivity index (χ0) is 15.8. The summed E-state index contributed by atoms with van der Waals surface area (Å²) in [5.41, 5.74) is 7.21. The second kappa shape index (κ2) is 10.7. The molecular formula is C12H20N9OSm-. The fraction of sp³-hybridized carbons (Fsp3) is 0.583. The maximum Gasteiger partial charge on any atom is 0.0967 e. The fourth-order valence-electron chi connectivity index (χ4n) is 2.00. The molecule has 0 aliphatic rings. The van der Waals surface area contributed by atoms with E-state index in [0.29, 0.717) is 39.3 Å². The van der Waals surface area contributed by atoms with E-state index >= 15 is 0 Å². The average molecular weight is 457 g/mol. The van der Waals surface area contributed by atoms with Crippen molar-refractivity contribution >= 4 is 6.41 Å². The molecule has 0 radical (unpaired) electrons. The molecule has 23 heavy (non-hydrogen) atoms. The molecule has 2 aromatic heterocycles. The van der Waals surface area contributed by atoms with Crippen LogP contribution in [0.2, 0.25) is 0 Å². The van der Waals surface area contributed by atoms with Crippen molar-refractivity contribution in [2.75, 3.05) is 20.1 Å². The van der Waals surface area contributed by atoms with Crippen LogP contribution in [0.3, 0.4) is 0 Å². The van der Waals surface area contributed by atoms with Crippen molar-refractivity contribution in [3.8, 4) is 0 Å². The zero-order valence-corrected chi connectivity index (χ0v) is 15.5. The smallest absolute Gasteiger partial charge is 0.0967 e. The molecule has 2 heterocycles. The van der Waals surface area contributed by atoms with Crippen LogP contribution in [0.1, 0.15) is 11.4 Å². The van der Waals surface area contributed by atoms with Crippen molar-refractivity contribution in [2.24, 2.45) is 5.73 Å². The molecule has 0 unspecified atom stereocenters. The van der Waals surface area contributed by atoms with Gasteiger partial charge in [0.1, 0.15) is 0 Å². The summed E-state index contributed by atoms with van der Waals surface area (Å²) in [6.45, 7) is 3.57. The van der Waals surface area contributed by atoms with Gasteiger partial charge in [-0.25, -0.2) is 0 Å². The number of aromatic nitrogens is 6. The first-order valence-corrected chi connectivity index (χ1v) is 6.98. The van der Waals surface area contributed by atoms with Crippen molar-refractivity contribution in [1.29, 1.82) is 0 Å². The van der Waals surface area contributed by atoms with Crippen molar-refractivity contribution in [3.63, 3.8) is 0 Å². The summed E-state index contributed by atoms with van der Waals surface area (Å²) in [5.74, 6) is 0. The van der Waals surface area contributed by atoms with Gasteiger partial charge in [0.25, 0.3) is 0 Å². The van der Waals surface area contributed by atoms with Crippen LogP contribution in [-0.4, -0.2) is 61.4 Å². The minimum absolute atomic E-state index is 0. The van der Waals surface area contributed by atoms with Gasteiger partial charge in [0.05, 0.1) is 24.5 Å². The SMILES string of the molecule is CN(Cc1cn(CCN)nn1)Cc1cn(CCN[C-]=O)nn1.[Sm]. The Balaban J connectivity index is 0.00000264. The van der Waals surface area contributed by atoms with Gasteiger partial charge in [0.15, 0.2) is 0 Å². The molecule has 3 N–H and O–H groups in total. The summed E-state index contributed by atoms with van der Waals surface area (Å²) in [4.78, 5) is 12.1. The Morgan fingerprint density at radius 2 is 1.74 bits per heavy atom. The quantitative estimate of drug-likeness (QED) is 0.244. The number of rotatable bonds is 10. The number of nitrogens with one attached hydrogen (secondary N) is 1. The van der Waals surface area contributed by atoms with Crippen molar-refractivity contribution < 1.29 is 45.2 Å². The topological polar surface area (TPSA) is 120 Å². The summed E-state index contributed by atoms with van der Waals surface area (Å²) in [6, 6.07) is 0. The molecule has 126 valence electrons. The molecule has 0 atom stereocenters. The third-order valence-electron chi connectivity index (χ3n) is 2.93. The van der Waals surface area contributed by atoms with Crippen LogP contribution in [-0.2, 0) is 31.0 Å². The maximum absolute atomic E-state index is 10.1. The van der Waals surface area contributed by atoms with Crippen LogP contribution in [0.5, 0.6) is 0 Å². The predicted molar refractivity (Wildman–Crippen MR) is 78.0 cm³/mol. The van der Waals surface area contributed by atoms with Crippen molar-refractivity contribution in [2.45, 2.75) is 26.2 Å². The summed E-state index contributed by atoms with van der Waals surface area (Å²) < 4.78 is 3.42. The monoisotopic (exact) mass is 458 g/mol. The van der Waals surface area contributed by atoms with E-state index in [-0.39, 0.29) is 40.4 Å². The number of amides is 1. The largest absolute Gasteiger partial charge is 0.528 e. The summed E-state index contributed by atoms with van der Waals surface area (Å²) in [6.07, 6.45) is 5.37. The molecule has 0 saturated carbocycles. The Bertz CT molecular complexity index is 585. The fourth-order valence-corrected chi connectivity index (χ4v) is 2.00. The molecule has 0 bridgehead atoms. The molecule has 1 amide bonds. The Labute approximate surface area is 166 Å². The van der Waals surface area contributed by atoms with Gasteiger partial charge in [-0.05, 0) is 7.05 Å². The van der Waals surface area contributed by atoms with E-state index in [2.05, 4.69) is 30.8 Å². The van der Waals surface area contributed by atoms with Gasteiger partial charge in [-0.15, -0.1) is 10.2 Å². The van der Waals surface area contributed by atoms with E-state index in [9.17, 15) is 4.79 Å². The van der Waals surface area contributed by atoms with Crippen LogP contribution in [0, 0.1) is 40.4 Å². The van der Waals surface area contributed by atoms with E-state index in [1.54, 1.807) is 15.8 Å². The Kier molecular flexibility index (Phi) is 9.35. The second-order valence-corrected chi connectivity index (χ2v) is 4.94. The molecular weight excluding hydrogens is 437 g/mol. The number of hydrogen-bond donors (Lipinski definition) is 2. The van der Waals surface area contributed by atoms with Crippen molar-refractivity contribution in [1.82, 2.24) is 40.2 Å². The van der Waals surface area contributed by atoms with Gasteiger partial charge in [-0.2, -0.15) is 6.41 Å². The summed E-state index contributed by atoms with van der Waals surface area (Å²) in [5, 5.41) is 18.7. The first kappa shape index (κ1) is 20.1. The zero-order valence-electron chi connectivity index (χ0n) is 12.9. The first-order valence-electron chi connectivity index (χ1n) is 6.98. The van der Waals surface area contributed by atoms with Gasteiger partial charge in [-0.1, -0.05) is 10.4 Å². The van der Waals surface area contributed by atoms with Gasteiger partial charge in [0, 0.05) is 79.0 Å². The Hall–Kier alpha value is -0.992. The van der Waals surface area contributed by atoms with Gasteiger partial charge >= 0.3 is 0 Å². The van der Waals surface area contributed by atoms with E-state index in [1.165, 1.54) is 0 Å². The number of nitrogens with zero attached hydrogens (tertiary/aromatic N) is 7. The Morgan fingerprint density at radius 3 is 2.26 bits per heavy atom. The van der Waals surface area contributed by atoms with Crippen LogP contribution in [0.25, 0.3) is 0 Å². The van der Waals surface area contributed by atoms with Crippen molar-refractivity contribution in [3.05, 3.63) is 23.8 Å². The van der Waals surface area contributed by atoms with Crippen LogP contribution >= 0.6 is 0 Å². The molecule has 0 fully saturated rings. The first-order chi connectivity index (χ1) is 10.7. The van der Waals surface area contributed by atoms with Gasteiger partial charge < -0.3 is 15.8 Å². The van der Waals surface area contributed by atoms with Crippen LogP contribution in [0.4, 0.5) is 0 Å².